The molecule has 0 radical (unpaired) electrons. The van der Waals surface area contributed by atoms with Crippen LogP contribution in [0.1, 0.15) is 10.4 Å². The van der Waals surface area contributed by atoms with E-state index in [1.807, 2.05) is 19.0 Å². The van der Waals surface area contributed by atoms with Gasteiger partial charge in [0.25, 0.3) is 0 Å². The molecular weight excluding hydrogens is 208 g/mol. The van der Waals surface area contributed by atoms with Gasteiger partial charge in [0, 0.05) is 20.1 Å². The largest absolute Gasteiger partial charge is 0.478 e. The lowest BCUT2D eigenvalue weighted by molar-refractivity contribution is 0.0697. The van der Waals surface area contributed by atoms with Crippen LogP contribution in [0.2, 0.25) is 0 Å². The lowest BCUT2D eigenvalue weighted by Gasteiger charge is -2.21. The summed E-state index contributed by atoms with van der Waals surface area (Å²) in [6.07, 6.45) is 1.38. The highest BCUT2D eigenvalue weighted by atomic mass is 16.4. The summed E-state index contributed by atoms with van der Waals surface area (Å²) in [6.45, 7) is 1.53. The summed E-state index contributed by atoms with van der Waals surface area (Å²) in [5.41, 5.74) is 0.177. The average molecular weight is 224 g/mol. The van der Waals surface area contributed by atoms with E-state index in [1.54, 1.807) is 11.9 Å². The number of nitrogens with zero attached hydrogens (tertiary/aromatic N) is 4. The van der Waals surface area contributed by atoms with E-state index in [9.17, 15) is 4.79 Å². The van der Waals surface area contributed by atoms with Gasteiger partial charge in [-0.2, -0.15) is 5.10 Å². The molecule has 0 spiro atoms. The first-order valence-corrected chi connectivity index (χ1v) is 4.93. The molecule has 0 amide bonds. The van der Waals surface area contributed by atoms with E-state index >= 15 is 0 Å². The van der Waals surface area contributed by atoms with E-state index in [0.29, 0.717) is 12.4 Å². The van der Waals surface area contributed by atoms with E-state index in [1.165, 1.54) is 12.3 Å². The zero-order chi connectivity index (χ0) is 12.1. The Morgan fingerprint density at radius 1 is 1.38 bits per heavy atom. The van der Waals surface area contributed by atoms with Gasteiger partial charge < -0.3 is 14.9 Å². The molecule has 0 aliphatic carbocycles. The van der Waals surface area contributed by atoms with Crippen molar-refractivity contribution in [3.63, 3.8) is 0 Å². The molecule has 0 bridgehead atoms. The maximum Gasteiger partial charge on any atom is 0.339 e. The summed E-state index contributed by atoms with van der Waals surface area (Å²) in [5.74, 6) is -0.585. The molecule has 0 fully saturated rings. The zero-order valence-electron chi connectivity index (χ0n) is 9.71. The van der Waals surface area contributed by atoms with Gasteiger partial charge in [-0.15, -0.1) is 5.10 Å². The lowest BCUT2D eigenvalue weighted by Crippen LogP contribution is -2.30. The molecule has 6 heteroatoms. The van der Waals surface area contributed by atoms with Gasteiger partial charge in [-0.3, -0.25) is 0 Å². The van der Waals surface area contributed by atoms with Gasteiger partial charge in [0.1, 0.15) is 5.56 Å². The summed E-state index contributed by atoms with van der Waals surface area (Å²) in [5, 5.41) is 16.5. The molecule has 0 unspecified atom stereocenters. The fraction of sp³-hybridized carbons (Fsp3) is 0.500. The van der Waals surface area contributed by atoms with E-state index in [2.05, 4.69) is 10.2 Å². The number of aromatic carboxylic acids is 1. The molecule has 0 atom stereocenters. The van der Waals surface area contributed by atoms with Crippen LogP contribution in [-0.2, 0) is 0 Å². The van der Waals surface area contributed by atoms with Crippen LogP contribution < -0.4 is 4.90 Å². The minimum atomic E-state index is -0.985. The monoisotopic (exact) mass is 224 g/mol. The minimum Gasteiger partial charge on any atom is -0.478 e. The Bertz CT molecular complexity index is 368. The second-order valence-corrected chi connectivity index (χ2v) is 3.80. The van der Waals surface area contributed by atoms with Crippen LogP contribution in [0.3, 0.4) is 0 Å². The van der Waals surface area contributed by atoms with Crippen LogP contribution in [0.15, 0.2) is 12.3 Å². The van der Waals surface area contributed by atoms with Crippen molar-refractivity contribution in [1.29, 1.82) is 0 Å². The number of hydrogen-bond donors (Lipinski definition) is 1. The standard InChI is InChI=1S/C10H16N4O2/c1-13(2)6-7-14(3)9-8(10(15)16)4-5-11-12-9/h4-5H,6-7H2,1-3H3,(H,15,16). The number of carbonyl (C=O) groups is 1. The van der Waals surface area contributed by atoms with E-state index in [0.717, 1.165) is 6.54 Å². The van der Waals surface area contributed by atoms with Crippen molar-refractivity contribution >= 4 is 11.8 Å². The summed E-state index contributed by atoms with van der Waals surface area (Å²) in [7, 11) is 5.73. The number of anilines is 1. The van der Waals surface area contributed by atoms with E-state index < -0.39 is 5.97 Å². The van der Waals surface area contributed by atoms with E-state index in [4.69, 9.17) is 5.11 Å². The number of hydrogen-bond acceptors (Lipinski definition) is 5. The van der Waals surface area contributed by atoms with Crippen molar-refractivity contribution in [2.45, 2.75) is 0 Å². The maximum absolute atomic E-state index is 11.0. The molecule has 1 rings (SSSR count). The first-order valence-electron chi connectivity index (χ1n) is 4.93. The molecule has 0 aliphatic heterocycles. The third-order valence-corrected chi connectivity index (χ3v) is 2.18. The predicted octanol–water partition coefficient (Wildman–Crippen LogP) is 0.173. The number of likely N-dealkylation sites (N-methyl/N-ethyl adjacent to an activating group) is 2. The summed E-state index contributed by atoms with van der Waals surface area (Å²) < 4.78 is 0. The molecular formula is C10H16N4O2. The van der Waals surface area contributed by atoms with Gasteiger partial charge in [0.2, 0.25) is 0 Å². The Morgan fingerprint density at radius 3 is 2.62 bits per heavy atom. The summed E-state index contributed by atoms with van der Waals surface area (Å²) in [4.78, 5) is 14.8. The van der Waals surface area contributed by atoms with Crippen LogP contribution in [0.25, 0.3) is 0 Å². The van der Waals surface area contributed by atoms with Gasteiger partial charge in [-0.05, 0) is 20.2 Å². The SMILES string of the molecule is CN(C)CCN(C)c1nnccc1C(=O)O. The van der Waals surface area contributed by atoms with Crippen molar-refractivity contribution in [3.8, 4) is 0 Å². The van der Waals surface area contributed by atoms with Crippen LogP contribution in [0, 0.1) is 0 Å². The quantitative estimate of drug-likeness (QED) is 0.769. The molecule has 1 heterocycles. The fourth-order valence-corrected chi connectivity index (χ4v) is 1.23. The number of rotatable bonds is 5. The zero-order valence-corrected chi connectivity index (χ0v) is 9.71. The summed E-state index contributed by atoms with van der Waals surface area (Å²) >= 11 is 0. The van der Waals surface area contributed by atoms with Gasteiger partial charge in [-0.1, -0.05) is 0 Å². The highest BCUT2D eigenvalue weighted by Gasteiger charge is 2.14. The topological polar surface area (TPSA) is 69.6 Å². The molecule has 0 saturated heterocycles. The Hall–Kier alpha value is -1.69. The minimum absolute atomic E-state index is 0.177. The van der Waals surface area contributed by atoms with Gasteiger partial charge in [0.15, 0.2) is 5.82 Å². The molecule has 1 aromatic heterocycles. The average Bonchev–Trinajstić information content (AvgIpc) is 2.25. The van der Waals surface area contributed by atoms with Gasteiger partial charge in [0.05, 0.1) is 6.20 Å². The molecule has 0 saturated carbocycles. The van der Waals surface area contributed by atoms with Crippen molar-refractivity contribution in [2.24, 2.45) is 0 Å². The molecule has 1 N–H and O–H groups in total. The Morgan fingerprint density at radius 2 is 2.06 bits per heavy atom. The first kappa shape index (κ1) is 12.4. The van der Waals surface area contributed by atoms with E-state index in [-0.39, 0.29) is 5.56 Å². The van der Waals surface area contributed by atoms with Crippen LogP contribution in [-0.4, -0.2) is 60.4 Å². The molecule has 6 nitrogen and oxygen atoms in total. The van der Waals surface area contributed by atoms with Crippen molar-refractivity contribution in [2.75, 3.05) is 39.1 Å². The van der Waals surface area contributed by atoms with Crippen LogP contribution in [0.4, 0.5) is 5.82 Å². The lowest BCUT2D eigenvalue weighted by atomic mass is 10.2. The molecule has 16 heavy (non-hydrogen) atoms. The molecule has 0 aromatic carbocycles. The third-order valence-electron chi connectivity index (χ3n) is 2.18. The predicted molar refractivity (Wildman–Crippen MR) is 60.8 cm³/mol. The first-order chi connectivity index (χ1) is 7.52. The third kappa shape index (κ3) is 3.16. The fourth-order valence-electron chi connectivity index (χ4n) is 1.23. The van der Waals surface area contributed by atoms with Gasteiger partial charge >= 0.3 is 5.97 Å². The van der Waals surface area contributed by atoms with Crippen molar-refractivity contribution in [3.05, 3.63) is 17.8 Å². The second kappa shape index (κ2) is 5.41. The number of aromatic nitrogens is 2. The van der Waals surface area contributed by atoms with Crippen LogP contribution >= 0.6 is 0 Å². The molecule has 0 aliphatic rings. The normalized spacial score (nSPS) is 10.5. The maximum atomic E-state index is 11.0. The van der Waals surface area contributed by atoms with Gasteiger partial charge in [-0.25, -0.2) is 4.79 Å². The number of carboxylic acid groups (broad SMARTS) is 1. The van der Waals surface area contributed by atoms with Crippen molar-refractivity contribution < 1.29 is 9.90 Å². The van der Waals surface area contributed by atoms with Crippen LogP contribution in [0.5, 0.6) is 0 Å². The highest BCUT2D eigenvalue weighted by molar-refractivity contribution is 5.92. The molecule has 1 aromatic rings. The Labute approximate surface area is 94.5 Å². The Kier molecular flexibility index (Phi) is 4.19. The second-order valence-electron chi connectivity index (χ2n) is 3.80. The molecule has 88 valence electrons. The Balaban J connectivity index is 2.82. The number of carboxylic acids is 1. The van der Waals surface area contributed by atoms with Crippen molar-refractivity contribution in [1.82, 2.24) is 15.1 Å². The highest BCUT2D eigenvalue weighted by Crippen LogP contribution is 2.13. The smallest absolute Gasteiger partial charge is 0.339 e. The summed E-state index contributed by atoms with van der Waals surface area (Å²) in [6, 6.07) is 1.46.